The molecule has 0 aliphatic heterocycles. The monoisotopic (exact) mass is 280 g/mol. The van der Waals surface area contributed by atoms with Gasteiger partial charge < -0.3 is 9.26 Å². The maximum Gasteiger partial charge on any atom is 0.241 e. The molecule has 0 unspecified atom stereocenters. The predicted octanol–water partition coefficient (Wildman–Crippen LogP) is 4.04. The summed E-state index contributed by atoms with van der Waals surface area (Å²) in [4.78, 5) is 4.16. The van der Waals surface area contributed by atoms with Crippen molar-refractivity contribution in [1.82, 2.24) is 10.1 Å². The van der Waals surface area contributed by atoms with E-state index in [1.807, 2.05) is 24.3 Å². The van der Waals surface area contributed by atoms with Gasteiger partial charge in [0.2, 0.25) is 11.7 Å². The standard InChI is InChI=1S/C14H17ClN2O2/c1-2-3-4-9-18-12-7-5-11(6-8-12)14-16-13(10-15)19-17-14/h5-8H,2-4,9-10H2,1H3. The van der Waals surface area contributed by atoms with E-state index in [1.54, 1.807) is 0 Å². The summed E-state index contributed by atoms with van der Waals surface area (Å²) in [6, 6.07) is 7.66. The molecule has 1 aromatic carbocycles. The van der Waals surface area contributed by atoms with Crippen molar-refractivity contribution in [2.45, 2.75) is 32.1 Å². The Morgan fingerprint density at radius 2 is 2.00 bits per heavy atom. The van der Waals surface area contributed by atoms with Crippen LogP contribution in [0.15, 0.2) is 28.8 Å². The molecular weight excluding hydrogens is 264 g/mol. The minimum absolute atomic E-state index is 0.228. The van der Waals surface area contributed by atoms with Gasteiger partial charge in [0.25, 0.3) is 0 Å². The number of nitrogens with zero attached hydrogens (tertiary/aromatic N) is 2. The lowest BCUT2D eigenvalue weighted by Gasteiger charge is -2.05. The van der Waals surface area contributed by atoms with Gasteiger partial charge in [-0.2, -0.15) is 4.98 Å². The second-order valence-electron chi connectivity index (χ2n) is 4.23. The zero-order chi connectivity index (χ0) is 13.5. The van der Waals surface area contributed by atoms with Gasteiger partial charge >= 0.3 is 0 Å². The van der Waals surface area contributed by atoms with Crippen LogP contribution in [0.5, 0.6) is 5.75 Å². The van der Waals surface area contributed by atoms with Crippen molar-refractivity contribution in [2.24, 2.45) is 0 Å². The minimum atomic E-state index is 0.228. The van der Waals surface area contributed by atoms with Crippen LogP contribution in [0.2, 0.25) is 0 Å². The van der Waals surface area contributed by atoms with Crippen LogP contribution < -0.4 is 4.74 Å². The number of ether oxygens (including phenoxy) is 1. The maximum atomic E-state index is 5.64. The van der Waals surface area contributed by atoms with Crippen LogP contribution in [0, 0.1) is 0 Å². The van der Waals surface area contributed by atoms with Crippen molar-refractivity contribution >= 4 is 11.6 Å². The summed E-state index contributed by atoms with van der Waals surface area (Å²) >= 11 is 5.62. The Hall–Kier alpha value is -1.55. The molecule has 0 saturated carbocycles. The average Bonchev–Trinajstić information content (AvgIpc) is 2.93. The number of alkyl halides is 1. The molecule has 2 aromatic rings. The number of halogens is 1. The van der Waals surface area contributed by atoms with Gasteiger partial charge in [-0.05, 0) is 30.7 Å². The third kappa shape index (κ3) is 3.96. The van der Waals surface area contributed by atoms with Gasteiger partial charge in [-0.3, -0.25) is 0 Å². The summed E-state index contributed by atoms with van der Waals surface area (Å²) in [7, 11) is 0. The Morgan fingerprint density at radius 3 is 2.63 bits per heavy atom. The lowest BCUT2D eigenvalue weighted by atomic mass is 10.2. The Balaban J connectivity index is 1.94. The highest BCUT2D eigenvalue weighted by atomic mass is 35.5. The topological polar surface area (TPSA) is 48.2 Å². The third-order valence-electron chi connectivity index (χ3n) is 2.71. The number of rotatable bonds is 7. The molecule has 0 spiro atoms. The first-order valence-corrected chi connectivity index (χ1v) is 6.98. The summed E-state index contributed by atoms with van der Waals surface area (Å²) in [5.41, 5.74) is 0.890. The molecule has 4 nitrogen and oxygen atoms in total. The summed E-state index contributed by atoms with van der Waals surface area (Å²) in [5.74, 6) is 2.07. The van der Waals surface area contributed by atoms with Gasteiger partial charge in [0.1, 0.15) is 11.6 Å². The lowest BCUT2D eigenvalue weighted by Crippen LogP contribution is -1.96. The molecule has 0 saturated heterocycles. The summed E-state index contributed by atoms with van der Waals surface area (Å²) in [6.07, 6.45) is 3.48. The maximum absolute atomic E-state index is 5.64. The summed E-state index contributed by atoms with van der Waals surface area (Å²) in [6.45, 7) is 2.93. The van der Waals surface area contributed by atoms with Gasteiger partial charge in [-0.15, -0.1) is 11.6 Å². The van der Waals surface area contributed by atoms with E-state index in [4.69, 9.17) is 20.9 Å². The Labute approximate surface area is 117 Å². The first-order valence-electron chi connectivity index (χ1n) is 6.45. The van der Waals surface area contributed by atoms with Gasteiger partial charge in [-0.25, -0.2) is 0 Å². The van der Waals surface area contributed by atoms with E-state index >= 15 is 0 Å². The van der Waals surface area contributed by atoms with Crippen LogP contribution in [0.3, 0.4) is 0 Å². The van der Waals surface area contributed by atoms with Crippen LogP contribution in [-0.2, 0) is 5.88 Å². The Kier molecular flexibility index (Phi) is 5.21. The fraction of sp³-hybridized carbons (Fsp3) is 0.429. The van der Waals surface area contributed by atoms with Crippen LogP contribution in [-0.4, -0.2) is 16.7 Å². The number of benzene rings is 1. The van der Waals surface area contributed by atoms with Crippen LogP contribution in [0.4, 0.5) is 0 Å². The van der Waals surface area contributed by atoms with Gasteiger partial charge in [0.15, 0.2) is 0 Å². The zero-order valence-corrected chi connectivity index (χ0v) is 11.7. The first kappa shape index (κ1) is 13.9. The van der Waals surface area contributed by atoms with Crippen LogP contribution in [0.25, 0.3) is 11.4 Å². The minimum Gasteiger partial charge on any atom is -0.494 e. The van der Waals surface area contributed by atoms with Gasteiger partial charge in [0.05, 0.1) is 6.61 Å². The molecule has 0 bridgehead atoms. The fourth-order valence-electron chi connectivity index (χ4n) is 1.67. The quantitative estimate of drug-likeness (QED) is 0.567. The lowest BCUT2D eigenvalue weighted by molar-refractivity contribution is 0.306. The van der Waals surface area contributed by atoms with Gasteiger partial charge in [0, 0.05) is 5.56 Å². The summed E-state index contributed by atoms with van der Waals surface area (Å²) < 4.78 is 10.6. The van der Waals surface area contributed by atoms with E-state index in [2.05, 4.69) is 17.1 Å². The average molecular weight is 281 g/mol. The van der Waals surface area contributed by atoms with Crippen LogP contribution >= 0.6 is 11.6 Å². The largest absolute Gasteiger partial charge is 0.494 e. The van der Waals surface area contributed by atoms with E-state index in [1.165, 1.54) is 12.8 Å². The molecule has 0 aliphatic rings. The number of hydrogen-bond donors (Lipinski definition) is 0. The molecule has 0 aliphatic carbocycles. The molecule has 2 rings (SSSR count). The predicted molar refractivity (Wildman–Crippen MR) is 74.3 cm³/mol. The van der Waals surface area contributed by atoms with Crippen molar-refractivity contribution < 1.29 is 9.26 Å². The molecule has 0 radical (unpaired) electrons. The van der Waals surface area contributed by atoms with Crippen molar-refractivity contribution in [3.05, 3.63) is 30.2 Å². The molecule has 0 amide bonds. The van der Waals surface area contributed by atoms with Crippen molar-refractivity contribution in [2.75, 3.05) is 6.61 Å². The van der Waals surface area contributed by atoms with Crippen LogP contribution in [0.1, 0.15) is 32.1 Å². The first-order chi connectivity index (χ1) is 9.33. The van der Waals surface area contributed by atoms with Gasteiger partial charge in [-0.1, -0.05) is 24.9 Å². The van der Waals surface area contributed by atoms with E-state index in [0.717, 1.165) is 24.3 Å². The van der Waals surface area contributed by atoms with E-state index < -0.39 is 0 Å². The highest BCUT2D eigenvalue weighted by Crippen LogP contribution is 2.20. The van der Waals surface area contributed by atoms with E-state index in [0.29, 0.717) is 11.7 Å². The number of hydrogen-bond acceptors (Lipinski definition) is 4. The molecule has 5 heteroatoms. The van der Waals surface area contributed by atoms with Crippen molar-refractivity contribution in [3.8, 4) is 17.1 Å². The molecule has 0 fully saturated rings. The molecule has 0 atom stereocenters. The molecule has 19 heavy (non-hydrogen) atoms. The number of unbranched alkanes of at least 4 members (excludes halogenated alkanes) is 2. The number of aromatic nitrogens is 2. The summed E-state index contributed by atoms with van der Waals surface area (Å²) in [5, 5.41) is 3.86. The van der Waals surface area contributed by atoms with E-state index in [9.17, 15) is 0 Å². The fourth-order valence-corrected chi connectivity index (χ4v) is 1.78. The zero-order valence-electron chi connectivity index (χ0n) is 10.9. The highest BCUT2D eigenvalue weighted by Gasteiger charge is 2.07. The van der Waals surface area contributed by atoms with Crippen molar-refractivity contribution in [3.63, 3.8) is 0 Å². The Bertz CT molecular complexity index is 496. The second kappa shape index (κ2) is 7.14. The molecule has 0 N–H and O–H groups in total. The smallest absolute Gasteiger partial charge is 0.241 e. The molecular formula is C14H17ClN2O2. The molecule has 1 heterocycles. The normalized spacial score (nSPS) is 10.6. The third-order valence-corrected chi connectivity index (χ3v) is 2.94. The molecule has 1 aromatic heterocycles. The Morgan fingerprint density at radius 1 is 1.21 bits per heavy atom. The highest BCUT2D eigenvalue weighted by molar-refractivity contribution is 6.16. The second-order valence-corrected chi connectivity index (χ2v) is 4.49. The van der Waals surface area contributed by atoms with Crippen molar-refractivity contribution in [1.29, 1.82) is 0 Å². The van der Waals surface area contributed by atoms with E-state index in [-0.39, 0.29) is 5.88 Å². The molecule has 102 valence electrons. The SMILES string of the molecule is CCCCCOc1ccc(-c2noc(CCl)n2)cc1.